The molecule has 19 heavy (non-hydrogen) atoms. The van der Waals surface area contributed by atoms with Gasteiger partial charge in [-0.1, -0.05) is 20.3 Å². The summed E-state index contributed by atoms with van der Waals surface area (Å²) in [6, 6.07) is 4.70. The fraction of sp³-hybridized carbons (Fsp3) is 0.462. The van der Waals surface area contributed by atoms with E-state index in [1.165, 1.54) is 0 Å². The summed E-state index contributed by atoms with van der Waals surface area (Å²) in [4.78, 5) is -0.0833. The summed E-state index contributed by atoms with van der Waals surface area (Å²) in [6.45, 7) is 3.87. The van der Waals surface area contributed by atoms with Crippen molar-refractivity contribution in [2.75, 3.05) is 0 Å². The van der Waals surface area contributed by atoms with Crippen LogP contribution >= 0.6 is 0 Å². The molecule has 0 aliphatic heterocycles. The van der Waals surface area contributed by atoms with Crippen molar-refractivity contribution in [2.24, 2.45) is 0 Å². The van der Waals surface area contributed by atoms with Crippen molar-refractivity contribution < 1.29 is 12.8 Å². The monoisotopic (exact) mass is 284 g/mol. The molecule has 0 amide bonds. The lowest BCUT2D eigenvalue weighted by Gasteiger charge is -2.16. The highest BCUT2D eigenvalue weighted by molar-refractivity contribution is 7.89. The van der Waals surface area contributed by atoms with Crippen LogP contribution in [0.4, 0.5) is 4.39 Å². The molecule has 1 unspecified atom stereocenters. The quantitative estimate of drug-likeness (QED) is 0.872. The molecule has 1 aromatic carbocycles. The van der Waals surface area contributed by atoms with E-state index in [2.05, 4.69) is 4.72 Å². The van der Waals surface area contributed by atoms with Crippen LogP contribution in [0.15, 0.2) is 23.1 Å². The van der Waals surface area contributed by atoms with Crippen LogP contribution in [0.2, 0.25) is 0 Å². The number of benzene rings is 1. The van der Waals surface area contributed by atoms with Crippen molar-refractivity contribution in [3.8, 4) is 6.07 Å². The number of rotatable bonds is 6. The van der Waals surface area contributed by atoms with Gasteiger partial charge in [0, 0.05) is 6.04 Å². The minimum Gasteiger partial charge on any atom is -0.208 e. The summed E-state index contributed by atoms with van der Waals surface area (Å²) in [6.07, 6.45) is 2.29. The number of nitriles is 1. The highest BCUT2D eigenvalue weighted by Gasteiger charge is 2.19. The van der Waals surface area contributed by atoms with E-state index in [0.29, 0.717) is 6.42 Å². The molecule has 1 N–H and O–H groups in total. The smallest absolute Gasteiger partial charge is 0.208 e. The lowest BCUT2D eigenvalue weighted by atomic mass is 10.1. The minimum absolute atomic E-state index is 0.0833. The van der Waals surface area contributed by atoms with Crippen molar-refractivity contribution in [2.45, 2.75) is 44.0 Å². The Labute approximate surface area is 113 Å². The Morgan fingerprint density at radius 2 is 2.11 bits per heavy atom. The SMILES string of the molecule is CCCC(CC)NS(=O)(=O)c1ccc(F)c(C#N)c1. The molecular formula is C13H17FN2O2S. The fourth-order valence-electron chi connectivity index (χ4n) is 1.74. The van der Waals surface area contributed by atoms with Crippen molar-refractivity contribution in [3.05, 3.63) is 29.6 Å². The van der Waals surface area contributed by atoms with Gasteiger partial charge >= 0.3 is 0 Å². The van der Waals surface area contributed by atoms with Crippen LogP contribution in [0.1, 0.15) is 38.7 Å². The maximum absolute atomic E-state index is 13.2. The summed E-state index contributed by atoms with van der Waals surface area (Å²) in [5.41, 5.74) is -0.272. The Bertz CT molecular complexity index is 579. The molecule has 0 bridgehead atoms. The Morgan fingerprint density at radius 1 is 1.42 bits per heavy atom. The van der Waals surface area contributed by atoms with Gasteiger partial charge in [-0.3, -0.25) is 0 Å². The average molecular weight is 284 g/mol. The first kappa shape index (κ1) is 15.6. The van der Waals surface area contributed by atoms with Gasteiger partial charge in [0.25, 0.3) is 0 Å². The van der Waals surface area contributed by atoms with E-state index in [4.69, 9.17) is 5.26 Å². The molecule has 0 aliphatic carbocycles. The maximum Gasteiger partial charge on any atom is 0.240 e. The number of hydrogen-bond acceptors (Lipinski definition) is 3. The molecule has 104 valence electrons. The second-order valence-corrected chi connectivity index (χ2v) is 5.98. The minimum atomic E-state index is -3.71. The van der Waals surface area contributed by atoms with E-state index in [-0.39, 0.29) is 16.5 Å². The Kier molecular flexibility index (Phi) is 5.45. The van der Waals surface area contributed by atoms with Gasteiger partial charge in [0.05, 0.1) is 10.5 Å². The topological polar surface area (TPSA) is 70.0 Å². The molecule has 0 aromatic heterocycles. The molecule has 1 atom stereocenters. The van der Waals surface area contributed by atoms with Gasteiger partial charge in [-0.05, 0) is 31.0 Å². The molecule has 0 spiro atoms. The lowest BCUT2D eigenvalue weighted by molar-refractivity contribution is 0.512. The standard InChI is InChI=1S/C13H17FN2O2S/c1-3-5-11(4-2)16-19(17,18)12-6-7-13(14)10(8-12)9-15/h6-8,11,16H,3-5H2,1-2H3. The van der Waals surface area contributed by atoms with E-state index < -0.39 is 15.8 Å². The first-order valence-corrected chi connectivity index (χ1v) is 7.64. The van der Waals surface area contributed by atoms with Crippen LogP contribution in [0.25, 0.3) is 0 Å². The summed E-state index contributed by atoms with van der Waals surface area (Å²) in [5, 5.41) is 8.72. The third kappa shape index (κ3) is 4.01. The molecule has 0 saturated heterocycles. The van der Waals surface area contributed by atoms with E-state index in [9.17, 15) is 12.8 Å². The largest absolute Gasteiger partial charge is 0.240 e. The van der Waals surface area contributed by atoms with Gasteiger partial charge in [-0.25, -0.2) is 17.5 Å². The Hall–Kier alpha value is -1.45. The summed E-state index contributed by atoms with van der Waals surface area (Å²) in [7, 11) is -3.71. The van der Waals surface area contributed by atoms with Crippen LogP contribution in [0.5, 0.6) is 0 Å². The maximum atomic E-state index is 13.2. The molecule has 0 saturated carbocycles. The summed E-state index contributed by atoms with van der Waals surface area (Å²) < 4.78 is 40.0. The first-order chi connectivity index (χ1) is 8.94. The molecular weight excluding hydrogens is 267 g/mol. The first-order valence-electron chi connectivity index (χ1n) is 6.16. The highest BCUT2D eigenvalue weighted by Crippen LogP contribution is 2.16. The van der Waals surface area contributed by atoms with E-state index in [0.717, 1.165) is 31.0 Å². The summed E-state index contributed by atoms with van der Waals surface area (Å²) >= 11 is 0. The highest BCUT2D eigenvalue weighted by atomic mass is 32.2. The zero-order chi connectivity index (χ0) is 14.5. The van der Waals surface area contributed by atoms with Crippen LogP contribution in [-0.2, 0) is 10.0 Å². The van der Waals surface area contributed by atoms with Crippen molar-refractivity contribution >= 4 is 10.0 Å². The van der Waals surface area contributed by atoms with Gasteiger partial charge in [-0.2, -0.15) is 5.26 Å². The Balaban J connectivity index is 3.04. The predicted molar refractivity (Wildman–Crippen MR) is 70.4 cm³/mol. The van der Waals surface area contributed by atoms with Gasteiger partial charge in [0.2, 0.25) is 10.0 Å². The third-order valence-corrected chi connectivity index (χ3v) is 4.34. The molecule has 0 heterocycles. The van der Waals surface area contributed by atoms with Crippen LogP contribution < -0.4 is 4.72 Å². The van der Waals surface area contributed by atoms with Gasteiger partial charge in [-0.15, -0.1) is 0 Å². The Morgan fingerprint density at radius 3 is 2.63 bits per heavy atom. The van der Waals surface area contributed by atoms with Gasteiger partial charge < -0.3 is 0 Å². The number of nitrogens with one attached hydrogen (secondary N) is 1. The van der Waals surface area contributed by atoms with Crippen LogP contribution in [-0.4, -0.2) is 14.5 Å². The molecule has 6 heteroatoms. The van der Waals surface area contributed by atoms with Crippen molar-refractivity contribution in [3.63, 3.8) is 0 Å². The zero-order valence-electron chi connectivity index (χ0n) is 11.0. The second kappa shape index (κ2) is 6.64. The predicted octanol–water partition coefficient (Wildman–Crippen LogP) is 2.55. The molecule has 0 fully saturated rings. The molecule has 0 aliphatic rings. The van der Waals surface area contributed by atoms with Crippen molar-refractivity contribution in [1.82, 2.24) is 4.72 Å². The summed E-state index contributed by atoms with van der Waals surface area (Å²) in [5.74, 6) is -0.720. The van der Waals surface area contributed by atoms with Crippen LogP contribution in [0, 0.1) is 17.1 Å². The lowest BCUT2D eigenvalue weighted by Crippen LogP contribution is -2.34. The molecule has 1 aromatic rings. The number of nitrogens with zero attached hydrogens (tertiary/aromatic N) is 1. The third-order valence-electron chi connectivity index (χ3n) is 2.82. The van der Waals surface area contributed by atoms with E-state index >= 15 is 0 Å². The molecule has 1 rings (SSSR count). The van der Waals surface area contributed by atoms with E-state index in [1.54, 1.807) is 6.07 Å². The fourth-order valence-corrected chi connectivity index (χ4v) is 3.12. The normalized spacial score (nSPS) is 12.9. The second-order valence-electron chi connectivity index (χ2n) is 4.27. The number of hydrogen-bond donors (Lipinski definition) is 1. The zero-order valence-corrected chi connectivity index (χ0v) is 11.8. The average Bonchev–Trinajstić information content (AvgIpc) is 2.38. The van der Waals surface area contributed by atoms with Gasteiger partial charge in [0.15, 0.2) is 0 Å². The molecule has 0 radical (unpaired) electrons. The van der Waals surface area contributed by atoms with Gasteiger partial charge in [0.1, 0.15) is 11.9 Å². The number of halogens is 1. The molecule has 4 nitrogen and oxygen atoms in total. The number of sulfonamides is 1. The van der Waals surface area contributed by atoms with Crippen molar-refractivity contribution in [1.29, 1.82) is 5.26 Å². The van der Waals surface area contributed by atoms with E-state index in [1.807, 2.05) is 13.8 Å². The van der Waals surface area contributed by atoms with Crippen LogP contribution in [0.3, 0.4) is 0 Å².